The molecular formula is C17H17F2N3O4S. The van der Waals surface area contributed by atoms with E-state index in [-0.39, 0.29) is 11.3 Å². The fraction of sp³-hybridized carbons (Fsp3) is 0.176. The van der Waals surface area contributed by atoms with Crippen LogP contribution in [0.25, 0.3) is 0 Å². The zero-order valence-electron chi connectivity index (χ0n) is 14.4. The second-order valence-electron chi connectivity index (χ2n) is 5.76. The highest BCUT2D eigenvalue weighted by molar-refractivity contribution is 7.92. The summed E-state index contributed by atoms with van der Waals surface area (Å²) >= 11 is 0. The van der Waals surface area contributed by atoms with Gasteiger partial charge in [-0.2, -0.15) is 0 Å². The Morgan fingerprint density at radius 2 is 1.67 bits per heavy atom. The number of anilines is 2. The Labute approximate surface area is 154 Å². The van der Waals surface area contributed by atoms with E-state index in [2.05, 4.69) is 5.32 Å². The van der Waals surface area contributed by atoms with Gasteiger partial charge in [-0.05, 0) is 43.3 Å². The van der Waals surface area contributed by atoms with Gasteiger partial charge >= 0.3 is 0 Å². The predicted octanol–water partition coefficient (Wildman–Crippen LogP) is 1.86. The number of rotatable bonds is 6. The van der Waals surface area contributed by atoms with Gasteiger partial charge in [-0.3, -0.25) is 13.9 Å². The van der Waals surface area contributed by atoms with Gasteiger partial charge in [-0.25, -0.2) is 17.2 Å². The molecule has 10 heteroatoms. The molecule has 7 nitrogen and oxygen atoms in total. The summed E-state index contributed by atoms with van der Waals surface area (Å²) in [6, 6.07) is 6.90. The van der Waals surface area contributed by atoms with Gasteiger partial charge in [0, 0.05) is 17.3 Å². The van der Waals surface area contributed by atoms with Crippen LogP contribution in [0.4, 0.5) is 20.2 Å². The highest BCUT2D eigenvalue weighted by atomic mass is 32.2. The predicted molar refractivity (Wildman–Crippen MR) is 96.7 cm³/mol. The van der Waals surface area contributed by atoms with Crippen molar-refractivity contribution < 1.29 is 26.8 Å². The Morgan fingerprint density at radius 3 is 2.15 bits per heavy atom. The number of primary amides is 1. The molecule has 0 spiro atoms. The lowest BCUT2D eigenvalue weighted by Crippen LogP contribution is -2.45. The number of amides is 2. The first kappa shape index (κ1) is 20.3. The Hall–Kier alpha value is -3.01. The Morgan fingerprint density at radius 1 is 1.07 bits per heavy atom. The molecule has 0 bridgehead atoms. The number of halogens is 2. The Balaban J connectivity index is 2.29. The summed E-state index contributed by atoms with van der Waals surface area (Å²) in [6.45, 7) is 1.30. The second kappa shape index (κ2) is 7.70. The number of benzene rings is 2. The summed E-state index contributed by atoms with van der Waals surface area (Å²) < 4.78 is 51.6. The highest BCUT2D eigenvalue weighted by Gasteiger charge is 2.29. The van der Waals surface area contributed by atoms with E-state index in [4.69, 9.17) is 5.73 Å². The van der Waals surface area contributed by atoms with Gasteiger partial charge < -0.3 is 11.1 Å². The average molecular weight is 397 g/mol. The van der Waals surface area contributed by atoms with Crippen molar-refractivity contribution in [1.29, 1.82) is 0 Å². The molecule has 2 rings (SSSR count). The van der Waals surface area contributed by atoms with Crippen LogP contribution in [0, 0.1) is 11.6 Å². The van der Waals surface area contributed by atoms with E-state index >= 15 is 0 Å². The van der Waals surface area contributed by atoms with E-state index in [0.717, 1.165) is 18.4 Å². The van der Waals surface area contributed by atoms with Crippen LogP contribution in [0.3, 0.4) is 0 Å². The first-order valence-corrected chi connectivity index (χ1v) is 9.50. The molecule has 1 atom stereocenters. The number of carbonyl (C=O) groups is 2. The van der Waals surface area contributed by atoms with Crippen molar-refractivity contribution in [2.45, 2.75) is 13.0 Å². The molecule has 0 aliphatic carbocycles. The number of nitrogens with one attached hydrogen (secondary N) is 1. The van der Waals surface area contributed by atoms with Crippen molar-refractivity contribution in [2.75, 3.05) is 15.9 Å². The molecule has 0 fully saturated rings. The molecule has 2 amide bonds. The highest BCUT2D eigenvalue weighted by Crippen LogP contribution is 2.23. The molecule has 2 aromatic rings. The van der Waals surface area contributed by atoms with E-state index in [0.29, 0.717) is 16.1 Å². The molecule has 3 N–H and O–H groups in total. The maximum absolute atomic E-state index is 13.5. The van der Waals surface area contributed by atoms with Crippen LogP contribution in [-0.4, -0.2) is 32.5 Å². The quantitative estimate of drug-likeness (QED) is 0.775. The maximum atomic E-state index is 13.5. The van der Waals surface area contributed by atoms with Gasteiger partial charge in [0.05, 0.1) is 11.9 Å². The first-order valence-electron chi connectivity index (χ1n) is 7.66. The zero-order chi connectivity index (χ0) is 20.4. The maximum Gasteiger partial charge on any atom is 0.248 e. The van der Waals surface area contributed by atoms with E-state index in [1.807, 2.05) is 0 Å². The second-order valence-corrected chi connectivity index (χ2v) is 7.62. The van der Waals surface area contributed by atoms with E-state index in [1.54, 1.807) is 0 Å². The summed E-state index contributed by atoms with van der Waals surface area (Å²) in [7, 11) is -3.98. The molecule has 144 valence electrons. The minimum Gasteiger partial charge on any atom is -0.366 e. The van der Waals surface area contributed by atoms with Crippen molar-refractivity contribution in [3.05, 3.63) is 59.7 Å². The van der Waals surface area contributed by atoms with Crippen LogP contribution in [0.1, 0.15) is 17.3 Å². The molecule has 0 saturated carbocycles. The minimum atomic E-state index is -3.98. The normalized spacial score (nSPS) is 12.3. The fourth-order valence-electron chi connectivity index (χ4n) is 2.40. The average Bonchev–Trinajstić information content (AvgIpc) is 2.57. The van der Waals surface area contributed by atoms with Gasteiger partial charge in [0.25, 0.3) is 0 Å². The number of hydrogen-bond donors (Lipinski definition) is 2. The Bertz CT molecular complexity index is 978. The third-order valence-electron chi connectivity index (χ3n) is 3.68. The van der Waals surface area contributed by atoms with Crippen LogP contribution in [0.2, 0.25) is 0 Å². The van der Waals surface area contributed by atoms with Crippen LogP contribution in [0.5, 0.6) is 0 Å². The minimum absolute atomic E-state index is 0.192. The van der Waals surface area contributed by atoms with Crippen molar-refractivity contribution in [3.63, 3.8) is 0 Å². The van der Waals surface area contributed by atoms with Crippen molar-refractivity contribution in [2.24, 2.45) is 5.73 Å². The van der Waals surface area contributed by atoms with E-state index in [9.17, 15) is 26.8 Å². The summed E-state index contributed by atoms with van der Waals surface area (Å²) in [6.07, 6.45) is 0.847. The molecule has 2 aromatic carbocycles. The lowest BCUT2D eigenvalue weighted by Gasteiger charge is -2.28. The lowest BCUT2D eigenvalue weighted by atomic mass is 10.2. The van der Waals surface area contributed by atoms with Crippen molar-refractivity contribution in [1.82, 2.24) is 0 Å². The SMILES string of the molecule is CC(C(=O)Nc1ccc(C(N)=O)cc1)N(c1ccc(F)c(F)c1)S(C)(=O)=O. The van der Waals surface area contributed by atoms with Gasteiger partial charge in [0.15, 0.2) is 11.6 Å². The Kier molecular flexibility index (Phi) is 5.79. The monoisotopic (exact) mass is 397 g/mol. The van der Waals surface area contributed by atoms with E-state index in [1.165, 1.54) is 31.2 Å². The van der Waals surface area contributed by atoms with Crippen LogP contribution in [0.15, 0.2) is 42.5 Å². The largest absolute Gasteiger partial charge is 0.366 e. The van der Waals surface area contributed by atoms with Crippen LogP contribution in [-0.2, 0) is 14.8 Å². The van der Waals surface area contributed by atoms with Gasteiger partial charge in [-0.1, -0.05) is 0 Å². The van der Waals surface area contributed by atoms with E-state index < -0.39 is 39.5 Å². The number of nitrogens with two attached hydrogens (primary N) is 1. The van der Waals surface area contributed by atoms with Gasteiger partial charge in [0.2, 0.25) is 21.8 Å². The molecular weight excluding hydrogens is 380 g/mol. The molecule has 1 unspecified atom stereocenters. The van der Waals surface area contributed by atoms with Crippen molar-refractivity contribution in [3.8, 4) is 0 Å². The third kappa shape index (κ3) is 4.79. The number of nitrogens with zero attached hydrogens (tertiary/aromatic N) is 1. The van der Waals surface area contributed by atoms with Crippen LogP contribution < -0.4 is 15.4 Å². The molecule has 0 heterocycles. The molecule has 27 heavy (non-hydrogen) atoms. The number of hydrogen-bond acceptors (Lipinski definition) is 4. The number of carbonyl (C=O) groups excluding carboxylic acids is 2. The molecule has 0 aromatic heterocycles. The molecule has 0 aliphatic heterocycles. The molecule has 0 saturated heterocycles. The zero-order valence-corrected chi connectivity index (χ0v) is 15.3. The molecule has 0 aliphatic rings. The van der Waals surface area contributed by atoms with Gasteiger partial charge in [-0.15, -0.1) is 0 Å². The first-order chi connectivity index (χ1) is 12.5. The smallest absolute Gasteiger partial charge is 0.248 e. The summed E-state index contributed by atoms with van der Waals surface area (Å²) in [5, 5.41) is 2.49. The summed E-state index contributed by atoms with van der Waals surface area (Å²) in [4.78, 5) is 23.5. The fourth-order valence-corrected chi connectivity index (χ4v) is 3.56. The van der Waals surface area contributed by atoms with Crippen LogP contribution >= 0.6 is 0 Å². The van der Waals surface area contributed by atoms with Crippen molar-refractivity contribution >= 4 is 33.2 Å². The molecule has 0 radical (unpaired) electrons. The standard InChI is InChI=1S/C17H17F2N3O4S/c1-10(17(24)21-12-5-3-11(4-6-12)16(20)23)22(27(2,25)26)13-7-8-14(18)15(19)9-13/h3-10H,1-2H3,(H2,20,23)(H,21,24). The summed E-state index contributed by atoms with van der Waals surface area (Å²) in [5.41, 5.74) is 5.48. The van der Waals surface area contributed by atoms with Gasteiger partial charge in [0.1, 0.15) is 6.04 Å². The summed E-state index contributed by atoms with van der Waals surface area (Å²) in [5.74, 6) is -3.73. The number of sulfonamides is 1. The lowest BCUT2D eigenvalue weighted by molar-refractivity contribution is -0.116. The third-order valence-corrected chi connectivity index (χ3v) is 4.92. The topological polar surface area (TPSA) is 110 Å².